The van der Waals surface area contributed by atoms with E-state index < -0.39 is 24.3 Å². The molecular formula is C44H52FN9O7. The largest absolute Gasteiger partial charge is 0.491 e. The van der Waals surface area contributed by atoms with Gasteiger partial charge in [0, 0.05) is 35.2 Å². The van der Waals surface area contributed by atoms with Gasteiger partial charge in [-0.05, 0) is 61.8 Å². The fraction of sp³-hybridized carbons (Fsp3) is 0.455. The first-order valence-electron chi connectivity index (χ1n) is 20.9. The number of carbonyl (C=O) groups is 4. The van der Waals surface area contributed by atoms with E-state index in [4.69, 9.17) is 14.2 Å². The highest BCUT2D eigenvalue weighted by atomic mass is 19.1. The molecule has 2 aromatic carbocycles. The standard InChI is InChI=1S/C44H52FN9O7/c1-23(2)36(50-43(57)59-5)41(55)53-15-7-9-32(53)39-46-21-29(48-39)25-12-14-31-28(19-25)35(45)38-27-13-11-26(20-34(27)61-18-17-52(31)38)30-22-47-40(49-30)33-10-8-16-54(33)42(56)37(24(3)4)51-44(58)60-6/h11-14,19-24,32-33,36-37H,7-10,15-18H2,1-6H3,(H,46,48)(H,47,49)(H,50,57)(H,51,58)/t32-,33+,36?,37+/m1/s1. The van der Waals surface area contributed by atoms with E-state index in [0.29, 0.717) is 72.4 Å². The maximum absolute atomic E-state index is 16.7. The molecule has 6 heterocycles. The summed E-state index contributed by atoms with van der Waals surface area (Å²) in [4.78, 5) is 71.1. The van der Waals surface area contributed by atoms with Gasteiger partial charge in [-0.15, -0.1) is 0 Å². The highest BCUT2D eigenvalue weighted by molar-refractivity contribution is 5.93. The van der Waals surface area contributed by atoms with Crippen molar-refractivity contribution in [3.05, 3.63) is 66.3 Å². The van der Waals surface area contributed by atoms with Crippen LogP contribution in [0.2, 0.25) is 0 Å². The average Bonchev–Trinajstić information content (AvgIpc) is 4.11. The summed E-state index contributed by atoms with van der Waals surface area (Å²) in [5, 5.41) is 5.82. The Morgan fingerprint density at radius 3 is 1.82 bits per heavy atom. The number of halogens is 1. The molecule has 0 radical (unpaired) electrons. The number of rotatable bonds is 10. The van der Waals surface area contributed by atoms with Crippen molar-refractivity contribution in [3.8, 4) is 39.5 Å². The lowest BCUT2D eigenvalue weighted by molar-refractivity contribution is -0.136. The van der Waals surface area contributed by atoms with Crippen molar-refractivity contribution >= 4 is 34.9 Å². The van der Waals surface area contributed by atoms with Crippen molar-refractivity contribution in [3.63, 3.8) is 0 Å². The quantitative estimate of drug-likeness (QED) is 0.119. The first-order chi connectivity index (χ1) is 29.4. The second-order valence-corrected chi connectivity index (χ2v) is 16.6. The third-order valence-corrected chi connectivity index (χ3v) is 12.1. The van der Waals surface area contributed by atoms with Gasteiger partial charge in [-0.3, -0.25) is 9.59 Å². The van der Waals surface area contributed by atoms with Crippen molar-refractivity contribution in [2.24, 2.45) is 11.8 Å². The number of likely N-dealkylation sites (tertiary alicyclic amines) is 2. The number of imidazole rings is 2. The molecule has 322 valence electrons. The second-order valence-electron chi connectivity index (χ2n) is 16.6. The Morgan fingerprint density at radius 2 is 1.30 bits per heavy atom. The maximum Gasteiger partial charge on any atom is 0.407 e. The normalized spacial score (nSPS) is 18.4. The van der Waals surface area contributed by atoms with E-state index in [0.717, 1.165) is 41.6 Å². The van der Waals surface area contributed by atoms with Gasteiger partial charge in [0.1, 0.15) is 36.1 Å². The Hall–Kier alpha value is -6.39. The Labute approximate surface area is 352 Å². The van der Waals surface area contributed by atoms with Crippen LogP contribution in [0, 0.1) is 17.7 Å². The van der Waals surface area contributed by atoms with Crippen LogP contribution in [0.1, 0.15) is 77.1 Å². The monoisotopic (exact) mass is 837 g/mol. The summed E-state index contributed by atoms with van der Waals surface area (Å²) in [5.74, 6) is 0.769. The van der Waals surface area contributed by atoms with Crippen molar-refractivity contribution in [2.75, 3.05) is 33.9 Å². The molecule has 2 saturated heterocycles. The van der Waals surface area contributed by atoms with Crippen molar-refractivity contribution < 1.29 is 37.8 Å². The first kappa shape index (κ1) is 41.3. The van der Waals surface area contributed by atoms with Crippen LogP contribution in [-0.2, 0) is 25.6 Å². The summed E-state index contributed by atoms with van der Waals surface area (Å²) in [6.07, 6.45) is 5.15. The van der Waals surface area contributed by atoms with Crippen molar-refractivity contribution in [1.29, 1.82) is 0 Å². The van der Waals surface area contributed by atoms with Crippen LogP contribution in [0.5, 0.6) is 5.75 Å². The zero-order valence-electron chi connectivity index (χ0n) is 35.2. The van der Waals surface area contributed by atoms with Gasteiger partial charge >= 0.3 is 12.2 Å². The van der Waals surface area contributed by atoms with E-state index in [9.17, 15) is 19.2 Å². The number of nitrogens with one attached hydrogen (secondary N) is 4. The third kappa shape index (κ3) is 7.76. The number of benzene rings is 2. The molecule has 16 nitrogen and oxygen atoms in total. The van der Waals surface area contributed by atoms with Crippen molar-refractivity contribution in [1.82, 2.24) is 44.9 Å². The molecule has 5 aromatic rings. The van der Waals surface area contributed by atoms with E-state index in [1.807, 2.05) is 68.7 Å². The Kier molecular flexibility index (Phi) is 11.5. The van der Waals surface area contributed by atoms with Crippen LogP contribution >= 0.6 is 0 Å². The lowest BCUT2D eigenvalue weighted by Gasteiger charge is -2.30. The molecule has 0 spiro atoms. The summed E-state index contributed by atoms with van der Waals surface area (Å²) >= 11 is 0. The molecule has 0 bridgehead atoms. The minimum atomic E-state index is -0.743. The van der Waals surface area contributed by atoms with Crippen molar-refractivity contribution in [2.45, 2.75) is 84.1 Å². The van der Waals surface area contributed by atoms with Gasteiger partial charge < -0.3 is 49.2 Å². The zero-order valence-corrected chi connectivity index (χ0v) is 35.2. The Bertz CT molecular complexity index is 2470. The predicted molar refractivity (Wildman–Crippen MR) is 224 cm³/mol. The predicted octanol–water partition coefficient (Wildman–Crippen LogP) is 6.71. The van der Waals surface area contributed by atoms with Gasteiger partial charge in [0.25, 0.3) is 0 Å². The summed E-state index contributed by atoms with van der Waals surface area (Å²) < 4.78 is 34.5. The number of amides is 4. The number of H-pyrrole nitrogens is 2. The number of alkyl carbamates (subject to hydrolysis) is 2. The number of ether oxygens (including phenoxy) is 3. The highest BCUT2D eigenvalue weighted by Gasteiger charge is 2.39. The summed E-state index contributed by atoms with van der Waals surface area (Å²) in [7, 11) is 2.54. The van der Waals surface area contributed by atoms with Gasteiger partial charge in [-0.2, -0.15) is 0 Å². The lowest BCUT2D eigenvalue weighted by Crippen LogP contribution is -2.51. The molecular weight excluding hydrogens is 786 g/mol. The van der Waals surface area contributed by atoms with Gasteiger partial charge in [-0.25, -0.2) is 23.9 Å². The lowest BCUT2D eigenvalue weighted by atomic mass is 10.0. The van der Waals surface area contributed by atoms with E-state index in [2.05, 4.69) is 30.6 Å². The number of nitrogens with zero attached hydrogens (tertiary/aromatic N) is 5. The van der Waals surface area contributed by atoms with Gasteiger partial charge in [0.05, 0.1) is 67.8 Å². The van der Waals surface area contributed by atoms with Crippen LogP contribution in [0.25, 0.3) is 44.7 Å². The smallest absolute Gasteiger partial charge is 0.407 e. The molecule has 1 unspecified atom stereocenters. The molecule has 2 fully saturated rings. The number of methoxy groups -OCH3 is 2. The molecule has 0 saturated carbocycles. The van der Waals surface area contributed by atoms with Gasteiger partial charge in [0.15, 0.2) is 5.82 Å². The maximum atomic E-state index is 16.7. The fourth-order valence-electron chi connectivity index (χ4n) is 8.92. The molecule has 0 aliphatic carbocycles. The fourth-order valence-corrected chi connectivity index (χ4v) is 8.92. The number of hydrogen-bond acceptors (Lipinski definition) is 9. The summed E-state index contributed by atoms with van der Waals surface area (Å²) in [6, 6.07) is 9.25. The van der Waals surface area contributed by atoms with E-state index in [-0.39, 0.29) is 41.6 Å². The number of aromatic amines is 2. The molecule has 4 atom stereocenters. The van der Waals surface area contributed by atoms with Crippen LogP contribution < -0.4 is 15.4 Å². The van der Waals surface area contributed by atoms with E-state index in [1.54, 1.807) is 22.2 Å². The Morgan fingerprint density at radius 1 is 0.770 bits per heavy atom. The first-order valence-corrected chi connectivity index (χ1v) is 20.9. The van der Waals surface area contributed by atoms with Gasteiger partial charge in [0.2, 0.25) is 11.8 Å². The molecule has 17 heteroatoms. The molecule has 4 N–H and O–H groups in total. The second kappa shape index (κ2) is 16.9. The molecule has 4 amide bonds. The van der Waals surface area contributed by atoms with Crippen LogP contribution in [-0.4, -0.2) is 104 Å². The number of fused-ring (bicyclic) bond motifs is 5. The number of carbonyl (C=O) groups excluding carboxylic acids is 4. The molecule has 3 aliphatic rings. The Balaban J connectivity index is 1.03. The topological polar surface area (TPSA) is 189 Å². The number of aromatic nitrogens is 5. The minimum Gasteiger partial charge on any atom is -0.491 e. The summed E-state index contributed by atoms with van der Waals surface area (Å²) in [6.45, 7) is 9.34. The van der Waals surface area contributed by atoms with Crippen LogP contribution in [0.3, 0.4) is 0 Å². The van der Waals surface area contributed by atoms with E-state index in [1.165, 1.54) is 14.2 Å². The highest BCUT2D eigenvalue weighted by Crippen LogP contribution is 2.42. The van der Waals surface area contributed by atoms with Crippen LogP contribution in [0.4, 0.5) is 14.0 Å². The molecule has 3 aromatic heterocycles. The molecule has 3 aliphatic heterocycles. The summed E-state index contributed by atoms with van der Waals surface area (Å²) in [5.41, 5.74) is 4.76. The minimum absolute atomic E-state index is 0.147. The van der Waals surface area contributed by atoms with Crippen LogP contribution in [0.15, 0.2) is 48.8 Å². The number of hydrogen-bond donors (Lipinski definition) is 4. The molecule has 8 rings (SSSR count). The SMILES string of the molecule is COC(=O)NC(C(=O)N1CCC[C@@H]1c1ncc(-c2ccc3c(c2)c(F)c2n3CCOc3cc(-c4cnc([C@@H]5CCCN5C(=O)[C@@H](NC(=O)OC)C(C)C)[nH]4)ccc3-2)[nH]1)C(C)C. The zero-order chi connectivity index (χ0) is 43.1. The molecule has 61 heavy (non-hydrogen) atoms. The van der Waals surface area contributed by atoms with Gasteiger partial charge in [-0.1, -0.05) is 39.8 Å². The third-order valence-electron chi connectivity index (χ3n) is 12.1. The average molecular weight is 838 g/mol. The van der Waals surface area contributed by atoms with E-state index >= 15 is 4.39 Å².